The first kappa shape index (κ1) is 11.6. The average Bonchev–Trinajstić information content (AvgIpc) is 2.72. The van der Waals surface area contributed by atoms with Crippen molar-refractivity contribution in [2.45, 2.75) is 6.92 Å². The number of aromatic nitrogens is 1. The van der Waals surface area contributed by atoms with E-state index < -0.39 is 5.97 Å². The topological polar surface area (TPSA) is 59.4 Å². The van der Waals surface area contributed by atoms with Gasteiger partial charge in [-0.15, -0.1) is 11.3 Å². The molecule has 2 heterocycles. The maximum atomic E-state index is 10.8. The van der Waals surface area contributed by atoms with Crippen molar-refractivity contribution in [2.24, 2.45) is 0 Å². The number of pyridine rings is 1. The Kier molecular flexibility index (Phi) is 3.39. The molecule has 88 valence electrons. The summed E-state index contributed by atoms with van der Waals surface area (Å²) in [5.74, 6) is -0.917. The van der Waals surface area contributed by atoms with Gasteiger partial charge in [0.25, 0.3) is 0 Å². The van der Waals surface area contributed by atoms with Crippen molar-refractivity contribution in [2.75, 3.05) is 6.61 Å². The third-order valence-electron chi connectivity index (χ3n) is 2.12. The van der Waals surface area contributed by atoms with Crippen LogP contribution in [-0.4, -0.2) is 22.7 Å². The molecule has 0 fully saturated rings. The minimum atomic E-state index is -0.917. The Balaban J connectivity index is 2.33. The molecule has 2 rings (SSSR count). The van der Waals surface area contributed by atoms with Crippen molar-refractivity contribution < 1.29 is 14.6 Å². The summed E-state index contributed by atoms with van der Waals surface area (Å²) < 4.78 is 5.08. The maximum absolute atomic E-state index is 10.8. The number of ether oxygens (including phenoxy) is 1. The smallest absolute Gasteiger partial charge is 0.345 e. The van der Waals surface area contributed by atoms with Gasteiger partial charge in [0.1, 0.15) is 9.71 Å². The first-order valence-corrected chi connectivity index (χ1v) is 5.94. The lowest BCUT2D eigenvalue weighted by Gasteiger charge is -1.94. The van der Waals surface area contributed by atoms with Gasteiger partial charge in [-0.2, -0.15) is 0 Å². The zero-order chi connectivity index (χ0) is 12.3. The van der Waals surface area contributed by atoms with E-state index in [1.54, 1.807) is 18.4 Å². The van der Waals surface area contributed by atoms with Crippen molar-refractivity contribution in [1.29, 1.82) is 0 Å². The number of carbonyl (C=O) groups is 1. The largest absolute Gasteiger partial charge is 0.501 e. The summed E-state index contributed by atoms with van der Waals surface area (Å²) >= 11 is 1.17. The summed E-state index contributed by atoms with van der Waals surface area (Å²) in [5.41, 5.74) is 0.754. The molecule has 0 aliphatic carbocycles. The Labute approximate surface area is 102 Å². The standard InChI is InChI=1S/C12H11NO3S/c1-2-16-6-5-9-4-3-8-7-10(12(14)15)17-11(8)13-9/h3-7H,2H2,1H3,(H,14,15). The molecule has 0 spiro atoms. The summed E-state index contributed by atoms with van der Waals surface area (Å²) in [4.78, 5) is 16.2. The molecule has 0 bridgehead atoms. The van der Waals surface area contributed by atoms with Crippen LogP contribution in [0.15, 0.2) is 24.5 Å². The molecule has 5 heteroatoms. The Bertz CT molecular complexity index is 574. The van der Waals surface area contributed by atoms with Crippen molar-refractivity contribution >= 4 is 33.6 Å². The summed E-state index contributed by atoms with van der Waals surface area (Å²) in [6, 6.07) is 5.32. The van der Waals surface area contributed by atoms with E-state index in [2.05, 4.69) is 4.98 Å². The highest BCUT2D eigenvalue weighted by Crippen LogP contribution is 2.24. The number of nitrogens with zero attached hydrogens (tertiary/aromatic N) is 1. The van der Waals surface area contributed by atoms with E-state index in [1.807, 2.05) is 19.1 Å². The van der Waals surface area contributed by atoms with Gasteiger partial charge < -0.3 is 9.84 Å². The van der Waals surface area contributed by atoms with E-state index in [0.29, 0.717) is 11.5 Å². The molecule has 1 N–H and O–H groups in total. The Morgan fingerprint density at radius 1 is 1.59 bits per heavy atom. The van der Waals surface area contributed by atoms with Crippen LogP contribution in [0.25, 0.3) is 16.3 Å². The number of carboxylic acids is 1. The molecule has 2 aromatic rings. The fourth-order valence-corrected chi connectivity index (χ4v) is 2.22. The van der Waals surface area contributed by atoms with Crippen molar-refractivity contribution in [3.8, 4) is 0 Å². The predicted octanol–water partition coefficient (Wildman–Crippen LogP) is 3.00. The second-order valence-corrected chi connectivity index (χ2v) is 4.34. The van der Waals surface area contributed by atoms with Crippen molar-refractivity contribution in [3.63, 3.8) is 0 Å². The number of thiophene rings is 1. The van der Waals surface area contributed by atoms with Gasteiger partial charge in [0.2, 0.25) is 0 Å². The summed E-state index contributed by atoms with van der Waals surface area (Å²) in [6.07, 6.45) is 3.34. The lowest BCUT2D eigenvalue weighted by Crippen LogP contribution is -1.89. The fraction of sp³-hybridized carbons (Fsp3) is 0.167. The van der Waals surface area contributed by atoms with E-state index in [1.165, 1.54) is 11.3 Å². The molecule has 0 amide bonds. The van der Waals surface area contributed by atoms with Gasteiger partial charge in [0.05, 0.1) is 18.6 Å². The zero-order valence-electron chi connectivity index (χ0n) is 9.21. The molecule has 0 aliphatic heterocycles. The van der Waals surface area contributed by atoms with Gasteiger partial charge in [0.15, 0.2) is 0 Å². The maximum Gasteiger partial charge on any atom is 0.345 e. The summed E-state index contributed by atoms with van der Waals surface area (Å²) in [6.45, 7) is 2.51. The lowest BCUT2D eigenvalue weighted by atomic mass is 10.3. The number of hydrogen-bond donors (Lipinski definition) is 1. The van der Waals surface area contributed by atoms with Crippen molar-refractivity contribution in [1.82, 2.24) is 4.98 Å². The molecule has 0 atom stereocenters. The van der Waals surface area contributed by atoms with Crippen LogP contribution in [0.1, 0.15) is 22.3 Å². The zero-order valence-corrected chi connectivity index (χ0v) is 10.0. The lowest BCUT2D eigenvalue weighted by molar-refractivity contribution is 0.0702. The fourth-order valence-electron chi connectivity index (χ4n) is 1.34. The highest BCUT2D eigenvalue weighted by Gasteiger charge is 2.08. The normalized spacial score (nSPS) is 11.1. The van der Waals surface area contributed by atoms with E-state index in [4.69, 9.17) is 9.84 Å². The van der Waals surface area contributed by atoms with Crippen LogP contribution in [0.2, 0.25) is 0 Å². The SMILES string of the molecule is CCOC=Cc1ccc2cc(C(=O)O)sc2n1. The van der Waals surface area contributed by atoms with Gasteiger partial charge in [-0.25, -0.2) is 9.78 Å². The van der Waals surface area contributed by atoms with Gasteiger partial charge in [-0.1, -0.05) is 0 Å². The molecule has 0 saturated carbocycles. The molecule has 0 aliphatic rings. The minimum Gasteiger partial charge on any atom is -0.501 e. The van der Waals surface area contributed by atoms with Gasteiger partial charge in [-0.3, -0.25) is 0 Å². The molecule has 17 heavy (non-hydrogen) atoms. The Morgan fingerprint density at radius 2 is 2.41 bits per heavy atom. The molecule has 0 unspecified atom stereocenters. The van der Waals surface area contributed by atoms with Crippen LogP contribution in [-0.2, 0) is 4.74 Å². The molecule has 0 saturated heterocycles. The van der Waals surface area contributed by atoms with Gasteiger partial charge in [0, 0.05) is 5.39 Å². The van der Waals surface area contributed by atoms with Crippen LogP contribution in [0, 0.1) is 0 Å². The molecule has 4 nitrogen and oxygen atoms in total. The van der Waals surface area contributed by atoms with Crippen LogP contribution < -0.4 is 0 Å². The van der Waals surface area contributed by atoms with Crippen LogP contribution in [0.5, 0.6) is 0 Å². The summed E-state index contributed by atoms with van der Waals surface area (Å²) in [5, 5.41) is 9.73. The number of carboxylic acid groups (broad SMARTS) is 1. The van der Waals surface area contributed by atoms with Crippen LogP contribution >= 0.6 is 11.3 Å². The molecule has 0 radical (unpaired) electrons. The van der Waals surface area contributed by atoms with E-state index in [-0.39, 0.29) is 0 Å². The third kappa shape index (κ3) is 2.62. The predicted molar refractivity (Wildman–Crippen MR) is 67.2 cm³/mol. The molecule has 0 aromatic carbocycles. The monoisotopic (exact) mass is 249 g/mol. The minimum absolute atomic E-state index is 0.304. The number of hydrogen-bond acceptors (Lipinski definition) is 4. The van der Waals surface area contributed by atoms with Gasteiger partial charge in [-0.05, 0) is 31.2 Å². The van der Waals surface area contributed by atoms with Crippen LogP contribution in [0.4, 0.5) is 0 Å². The highest BCUT2D eigenvalue weighted by atomic mass is 32.1. The molecular formula is C12H11NO3S. The molecular weight excluding hydrogens is 238 g/mol. The first-order chi connectivity index (χ1) is 8.20. The van der Waals surface area contributed by atoms with E-state index in [0.717, 1.165) is 15.9 Å². The third-order valence-corrected chi connectivity index (χ3v) is 3.15. The second-order valence-electron chi connectivity index (χ2n) is 3.30. The van der Waals surface area contributed by atoms with Crippen LogP contribution in [0.3, 0.4) is 0 Å². The Morgan fingerprint density at radius 3 is 3.12 bits per heavy atom. The highest BCUT2D eigenvalue weighted by molar-refractivity contribution is 7.20. The molecule has 2 aromatic heterocycles. The summed E-state index contributed by atoms with van der Waals surface area (Å²) in [7, 11) is 0. The number of aromatic carboxylic acids is 1. The van der Waals surface area contributed by atoms with E-state index >= 15 is 0 Å². The second kappa shape index (κ2) is 4.97. The first-order valence-electron chi connectivity index (χ1n) is 5.12. The Hall–Kier alpha value is -1.88. The van der Waals surface area contributed by atoms with E-state index in [9.17, 15) is 4.79 Å². The van der Waals surface area contributed by atoms with Gasteiger partial charge >= 0.3 is 5.97 Å². The van der Waals surface area contributed by atoms with Crippen molar-refractivity contribution in [3.05, 3.63) is 35.0 Å². The quantitative estimate of drug-likeness (QED) is 0.846. The number of rotatable bonds is 4. The number of fused-ring (bicyclic) bond motifs is 1. The average molecular weight is 249 g/mol.